The van der Waals surface area contributed by atoms with Crippen LogP contribution in [0.3, 0.4) is 0 Å². The Morgan fingerprint density at radius 3 is 2.93 bits per heavy atom. The van der Waals surface area contributed by atoms with Crippen molar-refractivity contribution in [1.29, 1.82) is 0 Å². The van der Waals surface area contributed by atoms with Crippen LogP contribution in [0.15, 0.2) is 43.0 Å². The molecule has 0 bridgehead atoms. The van der Waals surface area contributed by atoms with Crippen LogP contribution in [0.5, 0.6) is 0 Å². The zero-order valence-corrected chi connectivity index (χ0v) is 16.1. The van der Waals surface area contributed by atoms with E-state index in [4.69, 9.17) is 11.6 Å². The summed E-state index contributed by atoms with van der Waals surface area (Å²) in [7, 11) is 0. The second-order valence-electron chi connectivity index (χ2n) is 6.99. The second kappa shape index (κ2) is 9.55. The molecule has 0 saturated carbocycles. The summed E-state index contributed by atoms with van der Waals surface area (Å²) in [5.74, 6) is 0.509. The molecular weight excluding hydrogens is 364 g/mol. The standard InChI is InChI=1S/C20H25ClN4O2/c21-18-6-2-1-5-17(18)12-23-19(26)8-7-16-4-3-10-25(13-16)20(27)14-24-11-9-22-15-24/h1-2,5-6,9,11,15-16H,3-4,7-8,10,12-14H2,(H,23,26)/t16-/m1/s1. The molecule has 0 aliphatic carbocycles. The zero-order chi connectivity index (χ0) is 19.1. The predicted molar refractivity (Wildman–Crippen MR) is 104 cm³/mol. The monoisotopic (exact) mass is 388 g/mol. The lowest BCUT2D eigenvalue weighted by molar-refractivity contribution is -0.133. The number of amides is 2. The van der Waals surface area contributed by atoms with Gasteiger partial charge in [0.2, 0.25) is 11.8 Å². The van der Waals surface area contributed by atoms with Gasteiger partial charge in [0.1, 0.15) is 6.54 Å². The number of imidazole rings is 1. The molecule has 3 rings (SSSR count). The van der Waals surface area contributed by atoms with Gasteiger partial charge < -0.3 is 14.8 Å². The minimum absolute atomic E-state index is 0.0248. The molecule has 0 radical (unpaired) electrons. The number of likely N-dealkylation sites (tertiary alicyclic amines) is 1. The summed E-state index contributed by atoms with van der Waals surface area (Å²) < 4.78 is 1.79. The fourth-order valence-electron chi connectivity index (χ4n) is 3.42. The first-order valence-electron chi connectivity index (χ1n) is 9.35. The van der Waals surface area contributed by atoms with Crippen LogP contribution in [0, 0.1) is 5.92 Å². The molecular formula is C20H25ClN4O2. The zero-order valence-electron chi connectivity index (χ0n) is 15.3. The number of aromatic nitrogens is 2. The molecule has 1 aromatic carbocycles. The maximum Gasteiger partial charge on any atom is 0.242 e. The van der Waals surface area contributed by atoms with Gasteiger partial charge in [0.25, 0.3) is 0 Å². The minimum atomic E-state index is 0.0248. The topological polar surface area (TPSA) is 67.2 Å². The number of nitrogens with one attached hydrogen (secondary N) is 1. The van der Waals surface area contributed by atoms with E-state index >= 15 is 0 Å². The molecule has 0 spiro atoms. The molecule has 2 heterocycles. The third-order valence-corrected chi connectivity index (χ3v) is 5.33. The van der Waals surface area contributed by atoms with Crippen LogP contribution in [-0.4, -0.2) is 39.4 Å². The smallest absolute Gasteiger partial charge is 0.242 e. The number of hydrogen-bond donors (Lipinski definition) is 1. The van der Waals surface area contributed by atoms with Crippen molar-refractivity contribution in [3.63, 3.8) is 0 Å². The van der Waals surface area contributed by atoms with E-state index in [2.05, 4.69) is 10.3 Å². The summed E-state index contributed by atoms with van der Waals surface area (Å²) >= 11 is 6.11. The Kier molecular flexibility index (Phi) is 6.87. The lowest BCUT2D eigenvalue weighted by Gasteiger charge is -2.33. The lowest BCUT2D eigenvalue weighted by atomic mass is 9.93. The van der Waals surface area contributed by atoms with Crippen LogP contribution in [0.2, 0.25) is 5.02 Å². The molecule has 1 atom stereocenters. The van der Waals surface area contributed by atoms with Gasteiger partial charge in [-0.25, -0.2) is 4.98 Å². The van der Waals surface area contributed by atoms with Gasteiger partial charge in [0.05, 0.1) is 6.33 Å². The average molecular weight is 389 g/mol. The van der Waals surface area contributed by atoms with E-state index in [0.29, 0.717) is 30.5 Å². The Morgan fingerprint density at radius 2 is 2.15 bits per heavy atom. The van der Waals surface area contributed by atoms with E-state index in [-0.39, 0.29) is 11.8 Å². The molecule has 2 amide bonds. The summed E-state index contributed by atoms with van der Waals surface area (Å²) in [5.41, 5.74) is 0.918. The van der Waals surface area contributed by atoms with E-state index in [1.165, 1.54) is 0 Å². The highest BCUT2D eigenvalue weighted by atomic mass is 35.5. The number of piperidine rings is 1. The molecule has 1 N–H and O–H groups in total. The van der Waals surface area contributed by atoms with Crippen molar-refractivity contribution in [1.82, 2.24) is 19.8 Å². The van der Waals surface area contributed by atoms with Crippen molar-refractivity contribution in [2.45, 2.75) is 38.8 Å². The third kappa shape index (κ3) is 5.82. The number of carbonyl (C=O) groups excluding carboxylic acids is 2. The van der Waals surface area contributed by atoms with Crippen molar-refractivity contribution in [2.24, 2.45) is 5.92 Å². The molecule has 1 fully saturated rings. The van der Waals surface area contributed by atoms with Crippen molar-refractivity contribution in [2.75, 3.05) is 13.1 Å². The van der Waals surface area contributed by atoms with Crippen molar-refractivity contribution in [3.8, 4) is 0 Å². The highest BCUT2D eigenvalue weighted by Gasteiger charge is 2.24. The SMILES string of the molecule is O=C(CC[C@H]1CCCN(C(=O)Cn2ccnc2)C1)NCc1ccccc1Cl. The van der Waals surface area contributed by atoms with Crippen LogP contribution in [-0.2, 0) is 22.7 Å². The van der Waals surface area contributed by atoms with Gasteiger partial charge >= 0.3 is 0 Å². The maximum absolute atomic E-state index is 12.4. The summed E-state index contributed by atoms with van der Waals surface area (Å²) in [6.07, 6.45) is 8.44. The molecule has 1 aliphatic rings. The number of benzene rings is 1. The van der Waals surface area contributed by atoms with Crippen LogP contribution in [0.4, 0.5) is 0 Å². The molecule has 1 aromatic heterocycles. The second-order valence-corrected chi connectivity index (χ2v) is 7.40. The Labute approximate surface area is 164 Å². The molecule has 144 valence electrons. The minimum Gasteiger partial charge on any atom is -0.352 e. The normalized spacial score (nSPS) is 16.9. The van der Waals surface area contributed by atoms with Gasteiger partial charge in [0, 0.05) is 43.5 Å². The van der Waals surface area contributed by atoms with Crippen molar-refractivity contribution in [3.05, 3.63) is 53.6 Å². The third-order valence-electron chi connectivity index (χ3n) is 4.96. The Bertz CT molecular complexity index is 763. The molecule has 6 nitrogen and oxygen atoms in total. The number of hydrogen-bond acceptors (Lipinski definition) is 3. The quantitative estimate of drug-likeness (QED) is 0.793. The van der Waals surface area contributed by atoms with E-state index in [9.17, 15) is 9.59 Å². The van der Waals surface area contributed by atoms with E-state index in [1.54, 1.807) is 23.3 Å². The number of nitrogens with zero attached hydrogens (tertiary/aromatic N) is 3. The Morgan fingerprint density at radius 1 is 1.30 bits per heavy atom. The first-order chi connectivity index (χ1) is 13.1. The molecule has 1 aliphatic heterocycles. The predicted octanol–water partition coefficient (Wildman–Crippen LogP) is 2.87. The van der Waals surface area contributed by atoms with Gasteiger partial charge in [-0.15, -0.1) is 0 Å². The van der Waals surface area contributed by atoms with Gasteiger partial charge in [-0.1, -0.05) is 29.8 Å². The Hall–Kier alpha value is -2.34. The first kappa shape index (κ1) is 19.4. The summed E-state index contributed by atoms with van der Waals surface area (Å²) in [4.78, 5) is 30.5. The van der Waals surface area contributed by atoms with E-state index in [0.717, 1.165) is 37.9 Å². The molecule has 7 heteroatoms. The number of rotatable bonds is 7. The highest BCUT2D eigenvalue weighted by molar-refractivity contribution is 6.31. The van der Waals surface area contributed by atoms with Crippen LogP contribution in [0.1, 0.15) is 31.2 Å². The number of halogens is 1. The molecule has 0 unspecified atom stereocenters. The van der Waals surface area contributed by atoms with E-state index in [1.807, 2.05) is 29.2 Å². The summed E-state index contributed by atoms with van der Waals surface area (Å²) in [5, 5.41) is 3.59. The van der Waals surface area contributed by atoms with Crippen LogP contribution < -0.4 is 5.32 Å². The molecule has 27 heavy (non-hydrogen) atoms. The summed E-state index contributed by atoms with van der Waals surface area (Å²) in [6, 6.07) is 7.51. The molecule has 2 aromatic rings. The van der Waals surface area contributed by atoms with Crippen LogP contribution in [0.25, 0.3) is 0 Å². The lowest BCUT2D eigenvalue weighted by Crippen LogP contribution is -2.41. The van der Waals surface area contributed by atoms with Gasteiger partial charge in [-0.2, -0.15) is 0 Å². The maximum atomic E-state index is 12.4. The van der Waals surface area contributed by atoms with Crippen molar-refractivity contribution < 1.29 is 9.59 Å². The highest BCUT2D eigenvalue weighted by Crippen LogP contribution is 2.21. The largest absolute Gasteiger partial charge is 0.352 e. The fourth-order valence-corrected chi connectivity index (χ4v) is 3.63. The Balaban J connectivity index is 1.40. The van der Waals surface area contributed by atoms with Crippen LogP contribution >= 0.6 is 11.6 Å². The molecule has 1 saturated heterocycles. The summed E-state index contributed by atoms with van der Waals surface area (Å²) in [6.45, 7) is 2.29. The van der Waals surface area contributed by atoms with Gasteiger partial charge in [-0.3, -0.25) is 9.59 Å². The first-order valence-corrected chi connectivity index (χ1v) is 9.73. The van der Waals surface area contributed by atoms with Gasteiger partial charge in [0.15, 0.2) is 0 Å². The average Bonchev–Trinajstić information content (AvgIpc) is 3.19. The van der Waals surface area contributed by atoms with Crippen molar-refractivity contribution >= 4 is 23.4 Å². The van der Waals surface area contributed by atoms with E-state index < -0.39 is 0 Å². The fraction of sp³-hybridized carbons (Fsp3) is 0.450. The number of carbonyl (C=O) groups is 2. The van der Waals surface area contributed by atoms with Gasteiger partial charge in [-0.05, 0) is 36.8 Å².